The molecular weight excluding hydrogens is 420 g/mol. The smallest absolute Gasteiger partial charge is 0.320 e. The van der Waals surface area contributed by atoms with Gasteiger partial charge in [0.2, 0.25) is 5.91 Å². The first-order valence-corrected chi connectivity index (χ1v) is 10.5. The van der Waals surface area contributed by atoms with Crippen LogP contribution in [0.3, 0.4) is 0 Å². The Kier molecular flexibility index (Phi) is 7.41. The summed E-state index contributed by atoms with van der Waals surface area (Å²) in [5.41, 5.74) is 3.47. The molecule has 1 atom stereocenters. The summed E-state index contributed by atoms with van der Waals surface area (Å²) in [6, 6.07) is 8.87. The Balaban J connectivity index is 2.18. The summed E-state index contributed by atoms with van der Waals surface area (Å²) in [7, 11) is 3.18. The van der Waals surface area contributed by atoms with Crippen molar-refractivity contribution in [2.75, 3.05) is 39.2 Å². The maximum absolute atomic E-state index is 12.3. The molecule has 0 saturated heterocycles. The van der Waals surface area contributed by atoms with Crippen LogP contribution in [0.1, 0.15) is 36.6 Å². The van der Waals surface area contributed by atoms with Crippen molar-refractivity contribution < 1.29 is 23.8 Å². The van der Waals surface area contributed by atoms with Crippen LogP contribution >= 0.6 is 11.6 Å². The second-order valence-electron chi connectivity index (χ2n) is 7.25. The standard InChI is InChI=1S/C23H27ClN2O5/c1-5-31-22(28)13-26-9-8-15-10-20(29-3)21(30-4)12-17(15)23(26)18-11-16(24)6-7-19(18)25-14(2)27/h6-7,10-12,23H,5,8-9,13H2,1-4H3,(H,25,27)/t23-/m1/s1. The molecule has 1 amide bonds. The summed E-state index contributed by atoms with van der Waals surface area (Å²) < 4.78 is 16.2. The highest BCUT2D eigenvalue weighted by Crippen LogP contribution is 2.43. The fraction of sp³-hybridized carbons (Fsp3) is 0.391. The summed E-state index contributed by atoms with van der Waals surface area (Å²) in [6.07, 6.45) is 0.724. The van der Waals surface area contributed by atoms with Gasteiger partial charge in [-0.05, 0) is 60.4 Å². The summed E-state index contributed by atoms with van der Waals surface area (Å²) in [4.78, 5) is 26.2. The fourth-order valence-electron chi connectivity index (χ4n) is 3.97. The van der Waals surface area contributed by atoms with Gasteiger partial charge in [-0.2, -0.15) is 0 Å². The molecule has 31 heavy (non-hydrogen) atoms. The Hall–Kier alpha value is -2.77. The van der Waals surface area contributed by atoms with Gasteiger partial charge >= 0.3 is 5.97 Å². The van der Waals surface area contributed by atoms with Gasteiger partial charge in [-0.25, -0.2) is 0 Å². The van der Waals surface area contributed by atoms with Crippen LogP contribution in [0, 0.1) is 0 Å². The van der Waals surface area contributed by atoms with Gasteiger partial charge in [0.1, 0.15) is 0 Å². The highest BCUT2D eigenvalue weighted by molar-refractivity contribution is 6.30. The number of hydrogen-bond donors (Lipinski definition) is 1. The van der Waals surface area contributed by atoms with Crippen molar-refractivity contribution in [1.29, 1.82) is 0 Å². The number of carbonyl (C=O) groups excluding carboxylic acids is 2. The van der Waals surface area contributed by atoms with E-state index in [1.54, 1.807) is 33.3 Å². The molecule has 2 aromatic rings. The van der Waals surface area contributed by atoms with Crippen LogP contribution < -0.4 is 14.8 Å². The molecule has 3 rings (SSSR count). The number of esters is 1. The molecule has 1 N–H and O–H groups in total. The van der Waals surface area contributed by atoms with Gasteiger partial charge in [0.25, 0.3) is 0 Å². The van der Waals surface area contributed by atoms with Crippen LogP contribution in [0.25, 0.3) is 0 Å². The molecule has 1 aliphatic rings. The lowest BCUT2D eigenvalue weighted by molar-refractivity contribution is -0.145. The van der Waals surface area contributed by atoms with Gasteiger partial charge < -0.3 is 19.5 Å². The van der Waals surface area contributed by atoms with Crippen LogP contribution in [0.4, 0.5) is 5.69 Å². The van der Waals surface area contributed by atoms with Crippen molar-refractivity contribution in [3.8, 4) is 11.5 Å². The van der Waals surface area contributed by atoms with Crippen molar-refractivity contribution in [1.82, 2.24) is 4.90 Å². The van der Waals surface area contributed by atoms with Gasteiger partial charge in [-0.15, -0.1) is 0 Å². The maximum atomic E-state index is 12.3. The van der Waals surface area contributed by atoms with E-state index < -0.39 is 0 Å². The number of amides is 1. The molecule has 0 unspecified atom stereocenters. The summed E-state index contributed by atoms with van der Waals surface area (Å²) in [5.74, 6) is 0.739. The molecule has 0 aromatic heterocycles. The van der Waals surface area contributed by atoms with E-state index in [2.05, 4.69) is 5.32 Å². The molecule has 0 saturated carbocycles. The predicted octanol–water partition coefficient (Wildman–Crippen LogP) is 3.83. The molecule has 2 aromatic carbocycles. The van der Waals surface area contributed by atoms with E-state index >= 15 is 0 Å². The minimum Gasteiger partial charge on any atom is -0.493 e. The number of anilines is 1. The number of nitrogens with one attached hydrogen (secondary N) is 1. The molecular formula is C23H27ClN2O5. The van der Waals surface area contributed by atoms with Crippen LogP contribution in [0.5, 0.6) is 11.5 Å². The van der Waals surface area contributed by atoms with Crippen molar-refractivity contribution in [3.05, 3.63) is 52.0 Å². The zero-order valence-electron chi connectivity index (χ0n) is 18.2. The molecule has 8 heteroatoms. The average Bonchev–Trinajstić information content (AvgIpc) is 2.73. The second-order valence-corrected chi connectivity index (χ2v) is 7.68. The number of ether oxygens (including phenoxy) is 3. The molecule has 0 aliphatic carbocycles. The molecule has 7 nitrogen and oxygen atoms in total. The number of fused-ring (bicyclic) bond motifs is 1. The third kappa shape index (κ3) is 5.11. The first kappa shape index (κ1) is 22.9. The molecule has 166 valence electrons. The van der Waals surface area contributed by atoms with Crippen molar-refractivity contribution in [2.24, 2.45) is 0 Å². The molecule has 0 radical (unpaired) electrons. The van der Waals surface area contributed by atoms with Crippen molar-refractivity contribution in [3.63, 3.8) is 0 Å². The van der Waals surface area contributed by atoms with E-state index in [4.69, 9.17) is 25.8 Å². The van der Waals surface area contributed by atoms with E-state index in [9.17, 15) is 9.59 Å². The Morgan fingerprint density at radius 1 is 1.13 bits per heavy atom. The lowest BCUT2D eigenvalue weighted by Gasteiger charge is -2.38. The van der Waals surface area contributed by atoms with Gasteiger partial charge in [0.15, 0.2) is 11.5 Å². The SMILES string of the molecule is CCOC(=O)CN1CCc2cc(OC)c(OC)cc2[C@@H]1c1cc(Cl)ccc1NC(C)=O. The Labute approximate surface area is 187 Å². The number of rotatable bonds is 7. The lowest BCUT2D eigenvalue weighted by atomic mass is 9.86. The second kappa shape index (κ2) is 10.0. The highest BCUT2D eigenvalue weighted by Gasteiger charge is 2.33. The number of halogens is 1. The van der Waals surface area contributed by atoms with E-state index in [1.807, 2.05) is 23.1 Å². The largest absolute Gasteiger partial charge is 0.493 e. The van der Waals surface area contributed by atoms with Crippen LogP contribution in [-0.4, -0.2) is 50.7 Å². The Morgan fingerprint density at radius 3 is 2.48 bits per heavy atom. The average molecular weight is 447 g/mol. The Bertz CT molecular complexity index is 979. The van der Waals surface area contributed by atoms with Crippen LogP contribution in [-0.2, 0) is 20.7 Å². The monoisotopic (exact) mass is 446 g/mol. The zero-order valence-corrected chi connectivity index (χ0v) is 18.9. The zero-order chi connectivity index (χ0) is 22.5. The summed E-state index contributed by atoms with van der Waals surface area (Å²) in [6.45, 7) is 4.28. The number of hydrogen-bond acceptors (Lipinski definition) is 6. The molecule has 0 spiro atoms. The van der Waals surface area contributed by atoms with Gasteiger partial charge in [0, 0.05) is 24.2 Å². The van der Waals surface area contributed by atoms with E-state index in [0.29, 0.717) is 35.4 Å². The van der Waals surface area contributed by atoms with Gasteiger partial charge in [-0.3, -0.25) is 14.5 Å². The Morgan fingerprint density at radius 2 is 1.84 bits per heavy atom. The third-order valence-electron chi connectivity index (χ3n) is 5.23. The van der Waals surface area contributed by atoms with Crippen LogP contribution in [0.2, 0.25) is 5.02 Å². The molecule has 1 aliphatic heterocycles. The van der Waals surface area contributed by atoms with Crippen molar-refractivity contribution >= 4 is 29.2 Å². The molecule has 0 bridgehead atoms. The van der Waals surface area contributed by atoms with Gasteiger partial charge in [0.05, 0.1) is 33.4 Å². The van der Waals surface area contributed by atoms with Gasteiger partial charge in [-0.1, -0.05) is 11.6 Å². The fourth-order valence-corrected chi connectivity index (χ4v) is 4.15. The topological polar surface area (TPSA) is 77.1 Å². The first-order chi connectivity index (χ1) is 14.9. The summed E-state index contributed by atoms with van der Waals surface area (Å²) in [5, 5.41) is 3.42. The van der Waals surface area contributed by atoms with Crippen molar-refractivity contribution in [2.45, 2.75) is 26.3 Å². The maximum Gasteiger partial charge on any atom is 0.320 e. The predicted molar refractivity (Wildman–Crippen MR) is 119 cm³/mol. The minimum atomic E-state index is -0.339. The number of nitrogens with zero attached hydrogens (tertiary/aromatic N) is 1. The molecule has 0 fully saturated rings. The minimum absolute atomic E-state index is 0.109. The number of benzene rings is 2. The summed E-state index contributed by atoms with van der Waals surface area (Å²) >= 11 is 6.34. The number of carbonyl (C=O) groups is 2. The molecule has 1 heterocycles. The van der Waals surface area contributed by atoms with E-state index in [1.165, 1.54) is 6.92 Å². The first-order valence-electron chi connectivity index (χ1n) is 10.1. The highest BCUT2D eigenvalue weighted by atomic mass is 35.5. The number of methoxy groups -OCH3 is 2. The quantitative estimate of drug-likeness (QED) is 0.651. The third-order valence-corrected chi connectivity index (χ3v) is 5.46. The van der Waals surface area contributed by atoms with E-state index in [-0.39, 0.29) is 24.5 Å². The van der Waals surface area contributed by atoms with Crippen LogP contribution in [0.15, 0.2) is 30.3 Å². The lowest BCUT2D eigenvalue weighted by Crippen LogP contribution is -2.40. The normalized spacial score (nSPS) is 15.7. The van der Waals surface area contributed by atoms with E-state index in [0.717, 1.165) is 23.1 Å².